The van der Waals surface area contributed by atoms with Gasteiger partial charge in [0.1, 0.15) is 17.7 Å². The van der Waals surface area contributed by atoms with Crippen molar-refractivity contribution in [3.63, 3.8) is 0 Å². The van der Waals surface area contributed by atoms with E-state index in [4.69, 9.17) is 21.1 Å². The highest BCUT2D eigenvalue weighted by Gasteiger charge is 2.25. The summed E-state index contributed by atoms with van der Waals surface area (Å²) in [5.41, 5.74) is 0. The molecule has 1 aliphatic heterocycles. The molecule has 3 rings (SSSR count). The van der Waals surface area contributed by atoms with Crippen LogP contribution < -0.4 is 9.47 Å². The molecule has 1 fully saturated rings. The van der Waals surface area contributed by atoms with Gasteiger partial charge in [-0.25, -0.2) is 14.4 Å². The predicted octanol–water partition coefficient (Wildman–Crippen LogP) is 2.72. The van der Waals surface area contributed by atoms with Gasteiger partial charge >= 0.3 is 6.01 Å². The molecule has 25 heavy (non-hydrogen) atoms. The van der Waals surface area contributed by atoms with Gasteiger partial charge in [-0.1, -0.05) is 11.6 Å². The number of piperidine rings is 1. The van der Waals surface area contributed by atoms with Crippen LogP contribution in [0.25, 0.3) is 0 Å². The summed E-state index contributed by atoms with van der Waals surface area (Å²) in [5, 5.41) is 0.436. The molecule has 2 aromatic rings. The van der Waals surface area contributed by atoms with Crippen LogP contribution in [0.3, 0.4) is 0 Å². The van der Waals surface area contributed by atoms with Gasteiger partial charge in [0.15, 0.2) is 6.61 Å². The van der Waals surface area contributed by atoms with Gasteiger partial charge in [0.05, 0.1) is 24.0 Å². The number of carbonyl (C=O) groups excluding carboxylic acids is 1. The Morgan fingerprint density at radius 1 is 1.28 bits per heavy atom. The van der Waals surface area contributed by atoms with Crippen LogP contribution in [0.1, 0.15) is 12.8 Å². The molecule has 0 aliphatic carbocycles. The lowest BCUT2D eigenvalue weighted by Gasteiger charge is -2.32. The molecule has 8 heteroatoms. The summed E-state index contributed by atoms with van der Waals surface area (Å²) in [5.74, 6) is -0.0390. The lowest BCUT2D eigenvalue weighted by Crippen LogP contribution is -2.46. The van der Waals surface area contributed by atoms with Crippen molar-refractivity contribution in [2.75, 3.05) is 19.7 Å². The van der Waals surface area contributed by atoms with Gasteiger partial charge in [0.2, 0.25) is 0 Å². The number of amides is 1. The molecule has 0 bridgehead atoms. The van der Waals surface area contributed by atoms with Gasteiger partial charge in [-0.05, 0) is 37.1 Å². The van der Waals surface area contributed by atoms with E-state index in [0.29, 0.717) is 23.9 Å². The van der Waals surface area contributed by atoms with Crippen LogP contribution in [0.5, 0.6) is 11.8 Å². The molecule has 6 nitrogen and oxygen atoms in total. The maximum Gasteiger partial charge on any atom is 0.316 e. The van der Waals surface area contributed by atoms with Crippen molar-refractivity contribution >= 4 is 17.5 Å². The van der Waals surface area contributed by atoms with Crippen molar-refractivity contribution in [1.82, 2.24) is 14.9 Å². The molecule has 1 saturated heterocycles. The summed E-state index contributed by atoms with van der Waals surface area (Å²) in [6.45, 7) is 0.986. The van der Waals surface area contributed by atoms with Crippen LogP contribution in [-0.4, -0.2) is 46.6 Å². The summed E-state index contributed by atoms with van der Waals surface area (Å²) >= 11 is 5.74. The van der Waals surface area contributed by atoms with Crippen LogP contribution in [-0.2, 0) is 4.79 Å². The monoisotopic (exact) mass is 365 g/mol. The first-order chi connectivity index (χ1) is 12.1. The summed E-state index contributed by atoms with van der Waals surface area (Å²) < 4.78 is 24.0. The normalized spacial score (nSPS) is 17.2. The van der Waals surface area contributed by atoms with E-state index in [9.17, 15) is 9.18 Å². The van der Waals surface area contributed by atoms with Crippen LogP contribution in [0.15, 0.2) is 36.7 Å². The Morgan fingerprint density at radius 3 is 2.72 bits per heavy atom. The largest absolute Gasteiger partial charge is 0.484 e. The molecule has 0 spiro atoms. The number of benzene rings is 1. The number of hydrogen-bond acceptors (Lipinski definition) is 5. The van der Waals surface area contributed by atoms with Gasteiger partial charge in [-0.3, -0.25) is 4.79 Å². The molecule has 1 unspecified atom stereocenters. The van der Waals surface area contributed by atoms with E-state index in [1.807, 2.05) is 0 Å². The van der Waals surface area contributed by atoms with Crippen LogP contribution in [0, 0.1) is 5.82 Å². The Hall–Kier alpha value is -2.41. The van der Waals surface area contributed by atoms with Crippen molar-refractivity contribution in [3.05, 3.63) is 47.5 Å². The van der Waals surface area contributed by atoms with Crippen molar-refractivity contribution in [2.45, 2.75) is 18.9 Å². The van der Waals surface area contributed by atoms with Crippen molar-refractivity contribution in [2.24, 2.45) is 0 Å². The van der Waals surface area contributed by atoms with Gasteiger partial charge in [0, 0.05) is 6.54 Å². The SMILES string of the molecule is O=C(COc1ccc(F)cc1)N1CCCC(Oc2ncc(Cl)cn2)C1. The molecule has 0 saturated carbocycles. The fraction of sp³-hybridized carbons (Fsp3) is 0.353. The minimum atomic E-state index is -0.348. The topological polar surface area (TPSA) is 64.5 Å². The van der Waals surface area contributed by atoms with Crippen LogP contribution >= 0.6 is 11.6 Å². The average molecular weight is 366 g/mol. The van der Waals surface area contributed by atoms with E-state index in [-0.39, 0.29) is 30.4 Å². The summed E-state index contributed by atoms with van der Waals surface area (Å²) in [7, 11) is 0. The Balaban J connectivity index is 1.50. The Morgan fingerprint density at radius 2 is 2.00 bits per heavy atom. The van der Waals surface area contributed by atoms with E-state index >= 15 is 0 Å². The predicted molar refractivity (Wildman–Crippen MR) is 89.2 cm³/mol. The van der Waals surface area contributed by atoms with E-state index in [2.05, 4.69) is 9.97 Å². The first-order valence-corrected chi connectivity index (χ1v) is 8.28. The second kappa shape index (κ2) is 8.11. The number of halogens is 2. The van der Waals surface area contributed by atoms with Gasteiger partial charge in [-0.2, -0.15) is 0 Å². The number of carbonyl (C=O) groups is 1. The van der Waals surface area contributed by atoms with E-state index < -0.39 is 0 Å². The highest BCUT2D eigenvalue weighted by Crippen LogP contribution is 2.17. The molecule has 132 valence electrons. The fourth-order valence-electron chi connectivity index (χ4n) is 2.54. The minimum Gasteiger partial charge on any atom is -0.484 e. The van der Waals surface area contributed by atoms with Crippen molar-refractivity contribution in [3.8, 4) is 11.8 Å². The Bertz CT molecular complexity index is 712. The summed E-state index contributed by atoms with van der Waals surface area (Å²) in [6.07, 6.45) is 4.39. The van der Waals surface area contributed by atoms with E-state index in [0.717, 1.165) is 12.8 Å². The molecule has 0 radical (unpaired) electrons. The number of ether oxygens (including phenoxy) is 2. The zero-order valence-electron chi connectivity index (χ0n) is 13.4. The van der Waals surface area contributed by atoms with Crippen molar-refractivity contribution < 1.29 is 18.7 Å². The lowest BCUT2D eigenvalue weighted by atomic mass is 10.1. The smallest absolute Gasteiger partial charge is 0.316 e. The molecule has 0 N–H and O–H groups in total. The maximum absolute atomic E-state index is 12.9. The molecular weight excluding hydrogens is 349 g/mol. The average Bonchev–Trinajstić information content (AvgIpc) is 2.63. The third kappa shape index (κ3) is 5.03. The number of nitrogens with zero attached hydrogens (tertiary/aromatic N) is 3. The zero-order chi connectivity index (χ0) is 17.6. The number of aromatic nitrogens is 2. The fourth-order valence-corrected chi connectivity index (χ4v) is 2.64. The van der Waals surface area contributed by atoms with Crippen molar-refractivity contribution in [1.29, 1.82) is 0 Å². The maximum atomic E-state index is 12.9. The standard InChI is InChI=1S/C17H17ClFN3O3/c18-12-8-20-17(21-9-12)25-15-2-1-7-22(10-15)16(23)11-24-14-5-3-13(19)4-6-14/h3-6,8-9,15H,1-2,7,10-11H2. The first kappa shape index (κ1) is 17.4. The highest BCUT2D eigenvalue weighted by atomic mass is 35.5. The highest BCUT2D eigenvalue weighted by molar-refractivity contribution is 6.30. The third-order valence-corrected chi connectivity index (χ3v) is 3.97. The first-order valence-electron chi connectivity index (χ1n) is 7.90. The van der Waals surface area contributed by atoms with Gasteiger partial charge in [-0.15, -0.1) is 0 Å². The molecule has 2 heterocycles. The second-order valence-corrected chi connectivity index (χ2v) is 6.08. The Labute approximate surface area is 149 Å². The van der Waals surface area contributed by atoms with E-state index in [1.165, 1.54) is 36.7 Å². The minimum absolute atomic E-state index is 0.101. The molecular formula is C17H17ClFN3O3. The Kier molecular flexibility index (Phi) is 5.65. The van der Waals surface area contributed by atoms with E-state index in [1.54, 1.807) is 4.90 Å². The zero-order valence-corrected chi connectivity index (χ0v) is 14.2. The summed E-state index contributed by atoms with van der Waals surface area (Å²) in [4.78, 5) is 22.0. The summed E-state index contributed by atoms with van der Waals surface area (Å²) in [6, 6.07) is 5.80. The second-order valence-electron chi connectivity index (χ2n) is 5.65. The molecule has 1 amide bonds. The quantitative estimate of drug-likeness (QED) is 0.815. The van der Waals surface area contributed by atoms with Gasteiger partial charge < -0.3 is 14.4 Å². The number of rotatable bonds is 5. The molecule has 1 atom stereocenters. The molecule has 1 aromatic heterocycles. The number of likely N-dealkylation sites (tertiary alicyclic amines) is 1. The number of hydrogen-bond donors (Lipinski definition) is 0. The van der Waals surface area contributed by atoms with Crippen LogP contribution in [0.2, 0.25) is 5.02 Å². The van der Waals surface area contributed by atoms with Crippen LogP contribution in [0.4, 0.5) is 4.39 Å². The molecule has 1 aliphatic rings. The lowest BCUT2D eigenvalue weighted by molar-refractivity contribution is -0.136. The third-order valence-electron chi connectivity index (χ3n) is 3.78. The van der Waals surface area contributed by atoms with Gasteiger partial charge in [0.25, 0.3) is 5.91 Å². The molecule has 1 aromatic carbocycles.